The van der Waals surface area contributed by atoms with Crippen LogP contribution in [0.2, 0.25) is 5.02 Å². The van der Waals surface area contributed by atoms with E-state index in [4.69, 9.17) is 17.3 Å². The minimum Gasteiger partial charge on any atom is -0.334 e. The van der Waals surface area contributed by atoms with Gasteiger partial charge in [-0.3, -0.25) is 4.79 Å². The van der Waals surface area contributed by atoms with E-state index in [9.17, 15) is 13.6 Å². The second-order valence-electron chi connectivity index (χ2n) is 6.31. The minimum absolute atomic E-state index is 0.192. The summed E-state index contributed by atoms with van der Waals surface area (Å²) in [6, 6.07) is 3.39. The number of likely N-dealkylation sites (tertiary alicyclic amines) is 1. The van der Waals surface area contributed by atoms with E-state index in [0.717, 1.165) is 0 Å². The molecule has 2 heterocycles. The molecule has 3 rings (SSSR count). The number of amides is 1. The molecule has 0 spiro atoms. The van der Waals surface area contributed by atoms with Gasteiger partial charge in [0, 0.05) is 18.1 Å². The lowest BCUT2D eigenvalue weighted by molar-refractivity contribution is -0.145. The molecule has 2 fully saturated rings. The number of carbonyl (C=O) groups is 1. The number of hydrogen-bond donors (Lipinski definition) is 2. The maximum absolute atomic E-state index is 14.2. The topological polar surface area (TPSA) is 58.4 Å². The van der Waals surface area contributed by atoms with Crippen LogP contribution in [-0.4, -0.2) is 42.7 Å². The Morgan fingerprint density at radius 2 is 2.17 bits per heavy atom. The van der Waals surface area contributed by atoms with E-state index < -0.39 is 23.6 Å². The largest absolute Gasteiger partial charge is 0.334 e. The van der Waals surface area contributed by atoms with Crippen molar-refractivity contribution in [2.45, 2.75) is 37.0 Å². The third kappa shape index (κ3) is 3.07. The third-order valence-corrected chi connectivity index (χ3v) is 4.98. The number of halogens is 3. The first-order chi connectivity index (χ1) is 10.9. The van der Waals surface area contributed by atoms with Crippen LogP contribution in [0, 0.1) is 5.82 Å². The molecule has 2 saturated heterocycles. The van der Waals surface area contributed by atoms with Gasteiger partial charge in [-0.05, 0) is 49.6 Å². The summed E-state index contributed by atoms with van der Waals surface area (Å²) in [4.78, 5) is 14.5. The molecule has 1 aromatic rings. The molecule has 1 amide bonds. The molecule has 0 radical (unpaired) electrons. The minimum atomic E-state index is -1.36. The Labute approximate surface area is 139 Å². The summed E-state index contributed by atoms with van der Waals surface area (Å²) in [6.07, 6.45) is 0.329. The van der Waals surface area contributed by atoms with Crippen molar-refractivity contribution in [3.8, 4) is 0 Å². The van der Waals surface area contributed by atoms with E-state index in [1.807, 2.05) is 0 Å². The summed E-state index contributed by atoms with van der Waals surface area (Å²) in [5.41, 5.74) is 5.33. The van der Waals surface area contributed by atoms with Crippen LogP contribution in [0.15, 0.2) is 18.2 Å². The van der Waals surface area contributed by atoms with Gasteiger partial charge < -0.3 is 16.0 Å². The Morgan fingerprint density at radius 1 is 1.39 bits per heavy atom. The summed E-state index contributed by atoms with van der Waals surface area (Å²) >= 11 is 5.90. The van der Waals surface area contributed by atoms with Crippen LogP contribution >= 0.6 is 11.6 Å². The van der Waals surface area contributed by atoms with Crippen molar-refractivity contribution < 1.29 is 13.6 Å². The molecular weight excluding hydrogens is 324 g/mol. The van der Waals surface area contributed by atoms with E-state index in [-0.39, 0.29) is 10.9 Å². The number of piperidine rings is 2. The van der Waals surface area contributed by atoms with Crippen molar-refractivity contribution >= 4 is 17.5 Å². The fourth-order valence-electron chi connectivity index (χ4n) is 3.50. The van der Waals surface area contributed by atoms with Crippen molar-refractivity contribution in [3.05, 3.63) is 34.6 Å². The van der Waals surface area contributed by atoms with Crippen molar-refractivity contribution in [2.75, 3.05) is 19.6 Å². The number of alkyl halides is 1. The van der Waals surface area contributed by atoms with Crippen LogP contribution in [0.4, 0.5) is 8.78 Å². The maximum atomic E-state index is 14.2. The monoisotopic (exact) mass is 343 g/mol. The third-order valence-electron chi connectivity index (χ3n) is 4.76. The lowest BCUT2D eigenvalue weighted by Crippen LogP contribution is -2.63. The zero-order chi connectivity index (χ0) is 16.6. The molecule has 3 atom stereocenters. The zero-order valence-electron chi connectivity index (χ0n) is 12.7. The first kappa shape index (κ1) is 16.6. The summed E-state index contributed by atoms with van der Waals surface area (Å²) in [5.74, 6) is -0.897. The van der Waals surface area contributed by atoms with Crippen LogP contribution in [-0.2, 0) is 10.3 Å². The number of nitrogens with one attached hydrogen (secondary N) is 1. The molecule has 4 nitrogen and oxygen atoms in total. The number of hydrogen-bond acceptors (Lipinski definition) is 3. The fourth-order valence-corrected chi connectivity index (χ4v) is 3.73. The smallest absolute Gasteiger partial charge is 0.247 e. The second kappa shape index (κ2) is 6.34. The highest BCUT2D eigenvalue weighted by molar-refractivity contribution is 6.30. The van der Waals surface area contributed by atoms with E-state index in [1.165, 1.54) is 23.1 Å². The first-order valence-corrected chi connectivity index (χ1v) is 8.21. The van der Waals surface area contributed by atoms with Crippen molar-refractivity contribution in [3.63, 3.8) is 0 Å². The highest BCUT2D eigenvalue weighted by Gasteiger charge is 2.46. The molecule has 126 valence electrons. The van der Waals surface area contributed by atoms with Crippen molar-refractivity contribution in [2.24, 2.45) is 5.73 Å². The zero-order valence-corrected chi connectivity index (χ0v) is 13.5. The molecule has 3 N–H and O–H groups in total. The van der Waals surface area contributed by atoms with Crippen LogP contribution in [0.1, 0.15) is 24.8 Å². The predicted octanol–water partition coefficient (Wildman–Crippen LogP) is 1.96. The first-order valence-electron chi connectivity index (χ1n) is 7.83. The van der Waals surface area contributed by atoms with Crippen LogP contribution in [0.3, 0.4) is 0 Å². The number of nitrogens with two attached hydrogens (primary N) is 1. The van der Waals surface area contributed by atoms with E-state index in [0.29, 0.717) is 44.5 Å². The molecular formula is C16H20ClF2N3O. The van der Waals surface area contributed by atoms with Crippen LogP contribution in [0.5, 0.6) is 0 Å². The Morgan fingerprint density at radius 3 is 2.87 bits per heavy atom. The van der Waals surface area contributed by atoms with Gasteiger partial charge in [0.15, 0.2) is 0 Å². The van der Waals surface area contributed by atoms with Gasteiger partial charge in [-0.1, -0.05) is 11.6 Å². The van der Waals surface area contributed by atoms with Gasteiger partial charge in [-0.25, -0.2) is 8.78 Å². The van der Waals surface area contributed by atoms with E-state index in [1.54, 1.807) is 0 Å². The summed E-state index contributed by atoms with van der Waals surface area (Å²) < 4.78 is 27.9. The second-order valence-corrected chi connectivity index (χ2v) is 6.74. The van der Waals surface area contributed by atoms with Crippen LogP contribution < -0.4 is 11.1 Å². The molecule has 7 heteroatoms. The molecule has 0 saturated carbocycles. The van der Waals surface area contributed by atoms with Gasteiger partial charge in [-0.15, -0.1) is 0 Å². The van der Waals surface area contributed by atoms with Gasteiger partial charge in [-0.2, -0.15) is 0 Å². The number of rotatable bonds is 2. The number of carbonyl (C=O) groups excluding carboxylic acids is 1. The Kier molecular flexibility index (Phi) is 4.58. The van der Waals surface area contributed by atoms with E-state index in [2.05, 4.69) is 5.32 Å². The lowest BCUT2D eigenvalue weighted by atomic mass is 9.81. The molecule has 23 heavy (non-hydrogen) atoms. The van der Waals surface area contributed by atoms with E-state index >= 15 is 0 Å². The molecule has 2 aliphatic rings. The van der Waals surface area contributed by atoms with Crippen molar-refractivity contribution in [1.82, 2.24) is 10.2 Å². The highest BCUT2D eigenvalue weighted by Crippen LogP contribution is 2.34. The van der Waals surface area contributed by atoms with Crippen molar-refractivity contribution in [1.29, 1.82) is 0 Å². The molecule has 0 aromatic heterocycles. The summed E-state index contributed by atoms with van der Waals surface area (Å²) in [7, 11) is 0. The number of benzene rings is 1. The predicted molar refractivity (Wildman–Crippen MR) is 84.4 cm³/mol. The van der Waals surface area contributed by atoms with Gasteiger partial charge in [0.2, 0.25) is 5.91 Å². The average Bonchev–Trinajstić information content (AvgIpc) is 2.50. The fraction of sp³-hybridized carbons (Fsp3) is 0.562. The molecule has 1 aromatic carbocycles. The Hall–Kier alpha value is -1.24. The average molecular weight is 344 g/mol. The lowest BCUT2D eigenvalue weighted by Gasteiger charge is -2.45. The Balaban J connectivity index is 1.91. The van der Waals surface area contributed by atoms with Crippen LogP contribution in [0.25, 0.3) is 0 Å². The summed E-state index contributed by atoms with van der Waals surface area (Å²) in [5, 5.41) is 3.30. The SMILES string of the molecule is NC1(c2cc(F)cc(Cl)c2)CCCN(C2CNCCC2F)C1=O. The molecule has 0 bridgehead atoms. The standard InChI is InChI=1S/C16H20ClF2N3O/c17-11-6-10(7-12(18)8-11)16(20)3-1-5-22(15(16)23)14-9-21-4-2-13(14)19/h6-8,13-14,21H,1-5,9,20H2. The number of nitrogens with zero attached hydrogens (tertiary/aromatic N) is 1. The van der Waals surface area contributed by atoms with Gasteiger partial charge in [0.05, 0.1) is 6.04 Å². The summed E-state index contributed by atoms with van der Waals surface area (Å²) in [6.45, 7) is 1.48. The Bertz CT molecular complexity index is 595. The normalized spacial score (nSPS) is 32.2. The quantitative estimate of drug-likeness (QED) is 0.863. The maximum Gasteiger partial charge on any atom is 0.247 e. The molecule has 3 unspecified atom stereocenters. The van der Waals surface area contributed by atoms with Gasteiger partial charge >= 0.3 is 0 Å². The van der Waals surface area contributed by atoms with Gasteiger partial charge in [0.1, 0.15) is 17.5 Å². The molecule has 2 aliphatic heterocycles. The van der Waals surface area contributed by atoms with Gasteiger partial charge in [0.25, 0.3) is 0 Å². The highest BCUT2D eigenvalue weighted by atomic mass is 35.5. The molecule has 0 aliphatic carbocycles.